The van der Waals surface area contributed by atoms with Crippen LogP contribution in [-0.2, 0) is 14.3 Å². The van der Waals surface area contributed by atoms with Gasteiger partial charge < -0.3 is 15.8 Å². The topological polar surface area (TPSA) is 81.4 Å². The van der Waals surface area contributed by atoms with Gasteiger partial charge in [-0.1, -0.05) is 30.3 Å². The monoisotopic (exact) mass is 262 g/mol. The van der Waals surface area contributed by atoms with Crippen molar-refractivity contribution < 1.29 is 14.3 Å². The van der Waals surface area contributed by atoms with Crippen molar-refractivity contribution in [2.24, 2.45) is 5.73 Å². The molecule has 0 saturated carbocycles. The SMILES string of the molecule is NC(=O)C(NC(=O)CC1CCCO1)c1ccccc1. The van der Waals surface area contributed by atoms with Crippen molar-refractivity contribution in [1.82, 2.24) is 5.32 Å². The number of nitrogens with one attached hydrogen (secondary N) is 1. The van der Waals surface area contributed by atoms with E-state index in [1.165, 1.54) is 0 Å². The smallest absolute Gasteiger partial charge is 0.244 e. The van der Waals surface area contributed by atoms with Crippen molar-refractivity contribution in [1.29, 1.82) is 0 Å². The van der Waals surface area contributed by atoms with Gasteiger partial charge in [0.15, 0.2) is 0 Å². The van der Waals surface area contributed by atoms with Crippen molar-refractivity contribution in [2.45, 2.75) is 31.4 Å². The van der Waals surface area contributed by atoms with E-state index in [-0.39, 0.29) is 18.4 Å². The summed E-state index contributed by atoms with van der Waals surface area (Å²) >= 11 is 0. The van der Waals surface area contributed by atoms with E-state index in [9.17, 15) is 9.59 Å². The first-order chi connectivity index (χ1) is 9.16. The van der Waals surface area contributed by atoms with Gasteiger partial charge in [0.1, 0.15) is 6.04 Å². The third-order valence-electron chi connectivity index (χ3n) is 3.16. The van der Waals surface area contributed by atoms with Crippen LogP contribution in [0.4, 0.5) is 0 Å². The summed E-state index contributed by atoms with van der Waals surface area (Å²) in [4.78, 5) is 23.3. The third kappa shape index (κ3) is 3.79. The number of hydrogen-bond acceptors (Lipinski definition) is 3. The van der Waals surface area contributed by atoms with E-state index in [0.29, 0.717) is 12.2 Å². The molecule has 2 rings (SSSR count). The summed E-state index contributed by atoms with van der Waals surface area (Å²) in [6, 6.07) is 8.20. The zero-order valence-corrected chi connectivity index (χ0v) is 10.7. The lowest BCUT2D eigenvalue weighted by molar-refractivity contribution is -0.128. The minimum atomic E-state index is -0.782. The lowest BCUT2D eigenvalue weighted by atomic mass is 10.1. The molecule has 0 spiro atoms. The summed E-state index contributed by atoms with van der Waals surface area (Å²) in [6.07, 6.45) is 2.11. The van der Waals surface area contributed by atoms with Gasteiger partial charge in [-0.3, -0.25) is 9.59 Å². The highest BCUT2D eigenvalue weighted by Gasteiger charge is 2.23. The molecule has 5 nitrogen and oxygen atoms in total. The molecule has 1 aromatic carbocycles. The van der Waals surface area contributed by atoms with Crippen molar-refractivity contribution in [3.63, 3.8) is 0 Å². The van der Waals surface area contributed by atoms with Crippen LogP contribution in [0.5, 0.6) is 0 Å². The predicted molar refractivity (Wildman–Crippen MR) is 70.1 cm³/mol. The normalized spacial score (nSPS) is 19.9. The van der Waals surface area contributed by atoms with Gasteiger partial charge in [0.25, 0.3) is 0 Å². The maximum Gasteiger partial charge on any atom is 0.244 e. The quantitative estimate of drug-likeness (QED) is 0.827. The molecule has 1 aromatic rings. The molecule has 2 atom stereocenters. The van der Waals surface area contributed by atoms with E-state index in [1.807, 2.05) is 6.07 Å². The number of nitrogens with two attached hydrogens (primary N) is 1. The van der Waals surface area contributed by atoms with Crippen molar-refractivity contribution in [3.05, 3.63) is 35.9 Å². The molecular formula is C14H18N2O3. The second kappa shape index (κ2) is 6.33. The molecule has 3 N–H and O–H groups in total. The van der Waals surface area contributed by atoms with Crippen LogP contribution in [0.2, 0.25) is 0 Å². The molecule has 0 aromatic heterocycles. The molecule has 1 fully saturated rings. The van der Waals surface area contributed by atoms with Gasteiger partial charge >= 0.3 is 0 Å². The van der Waals surface area contributed by atoms with E-state index in [2.05, 4.69) is 5.32 Å². The first kappa shape index (κ1) is 13.5. The van der Waals surface area contributed by atoms with E-state index in [0.717, 1.165) is 12.8 Å². The number of carbonyl (C=O) groups is 2. The molecule has 5 heteroatoms. The molecule has 2 amide bonds. The van der Waals surface area contributed by atoms with Gasteiger partial charge in [-0.15, -0.1) is 0 Å². The first-order valence-electron chi connectivity index (χ1n) is 6.42. The minimum absolute atomic E-state index is 0.0377. The zero-order chi connectivity index (χ0) is 13.7. The summed E-state index contributed by atoms with van der Waals surface area (Å²) in [5.74, 6) is -0.772. The van der Waals surface area contributed by atoms with Gasteiger partial charge in [-0.25, -0.2) is 0 Å². The maximum absolute atomic E-state index is 11.9. The van der Waals surface area contributed by atoms with Gasteiger partial charge in [-0.2, -0.15) is 0 Å². The van der Waals surface area contributed by atoms with Crippen molar-refractivity contribution in [3.8, 4) is 0 Å². The van der Waals surface area contributed by atoms with Crippen molar-refractivity contribution in [2.75, 3.05) is 6.61 Å². The van der Waals surface area contributed by atoms with Crippen LogP contribution in [0.3, 0.4) is 0 Å². The lowest BCUT2D eigenvalue weighted by Crippen LogP contribution is -2.38. The predicted octanol–water partition coefficient (Wildman–Crippen LogP) is 0.898. The molecule has 0 radical (unpaired) electrons. The van der Waals surface area contributed by atoms with E-state index in [1.54, 1.807) is 24.3 Å². The van der Waals surface area contributed by atoms with Crippen LogP contribution in [0.25, 0.3) is 0 Å². The fourth-order valence-electron chi connectivity index (χ4n) is 2.20. The summed E-state index contributed by atoms with van der Waals surface area (Å²) in [5, 5.41) is 2.67. The molecular weight excluding hydrogens is 244 g/mol. The van der Waals surface area contributed by atoms with Crippen LogP contribution < -0.4 is 11.1 Å². The number of benzene rings is 1. The largest absolute Gasteiger partial charge is 0.378 e. The fourth-order valence-corrected chi connectivity index (χ4v) is 2.20. The number of hydrogen-bond donors (Lipinski definition) is 2. The van der Waals surface area contributed by atoms with Crippen LogP contribution in [0, 0.1) is 0 Å². The highest BCUT2D eigenvalue weighted by molar-refractivity contribution is 5.87. The van der Waals surface area contributed by atoms with E-state index in [4.69, 9.17) is 10.5 Å². The summed E-state index contributed by atoms with van der Waals surface area (Å²) in [5.41, 5.74) is 6.03. The second-order valence-electron chi connectivity index (χ2n) is 4.65. The third-order valence-corrected chi connectivity index (χ3v) is 3.16. The summed E-state index contributed by atoms with van der Waals surface area (Å²) in [7, 11) is 0. The van der Waals surface area contributed by atoms with Crippen LogP contribution in [0.1, 0.15) is 30.9 Å². The van der Waals surface area contributed by atoms with E-state index < -0.39 is 11.9 Å². The van der Waals surface area contributed by atoms with Gasteiger partial charge in [0, 0.05) is 6.61 Å². The Kier molecular flexibility index (Phi) is 4.52. The van der Waals surface area contributed by atoms with E-state index >= 15 is 0 Å². The average molecular weight is 262 g/mol. The maximum atomic E-state index is 11.9. The molecule has 1 saturated heterocycles. The molecule has 0 aliphatic carbocycles. The summed E-state index contributed by atoms with van der Waals surface area (Å²) < 4.78 is 5.39. The lowest BCUT2D eigenvalue weighted by Gasteiger charge is -2.17. The molecule has 1 aliphatic rings. The molecule has 102 valence electrons. The number of rotatable bonds is 5. The highest BCUT2D eigenvalue weighted by Crippen LogP contribution is 2.17. The molecule has 1 heterocycles. The molecule has 2 unspecified atom stereocenters. The van der Waals surface area contributed by atoms with Gasteiger partial charge in [-0.05, 0) is 18.4 Å². The average Bonchev–Trinajstić information content (AvgIpc) is 2.89. The molecule has 19 heavy (non-hydrogen) atoms. The number of amides is 2. The Bertz CT molecular complexity index is 441. The van der Waals surface area contributed by atoms with Gasteiger partial charge in [0.05, 0.1) is 12.5 Å². The molecule has 1 aliphatic heterocycles. The Hall–Kier alpha value is -1.88. The Morgan fingerprint density at radius 1 is 1.37 bits per heavy atom. The number of ether oxygens (including phenoxy) is 1. The fraction of sp³-hybridized carbons (Fsp3) is 0.429. The minimum Gasteiger partial charge on any atom is -0.378 e. The zero-order valence-electron chi connectivity index (χ0n) is 10.7. The molecule has 0 bridgehead atoms. The van der Waals surface area contributed by atoms with Crippen LogP contribution in [0.15, 0.2) is 30.3 Å². The van der Waals surface area contributed by atoms with Crippen molar-refractivity contribution >= 4 is 11.8 Å². The Balaban J connectivity index is 1.97. The Morgan fingerprint density at radius 2 is 2.11 bits per heavy atom. The highest BCUT2D eigenvalue weighted by atomic mass is 16.5. The number of primary amides is 1. The van der Waals surface area contributed by atoms with Crippen LogP contribution >= 0.6 is 0 Å². The number of carbonyl (C=O) groups excluding carboxylic acids is 2. The summed E-state index contributed by atoms with van der Waals surface area (Å²) in [6.45, 7) is 0.704. The van der Waals surface area contributed by atoms with Crippen LogP contribution in [-0.4, -0.2) is 24.5 Å². The Morgan fingerprint density at radius 3 is 2.68 bits per heavy atom. The van der Waals surface area contributed by atoms with Gasteiger partial charge in [0.2, 0.25) is 11.8 Å². The standard InChI is InChI=1S/C14H18N2O3/c15-14(18)13(10-5-2-1-3-6-10)16-12(17)9-11-7-4-8-19-11/h1-3,5-6,11,13H,4,7-9H2,(H2,15,18)(H,16,17). The first-order valence-corrected chi connectivity index (χ1v) is 6.42. The Labute approximate surface area is 112 Å². The second-order valence-corrected chi connectivity index (χ2v) is 4.65.